The van der Waals surface area contributed by atoms with Gasteiger partial charge in [-0.15, -0.1) is 0 Å². The van der Waals surface area contributed by atoms with E-state index in [0.29, 0.717) is 16.2 Å². The second kappa shape index (κ2) is 8.52. The standard InChI is InChI=1S/C28H26F2N2O2/c1-16-6-7-18(14-17(16)2)24-25(31-21-11-8-19(9-12-21)28(3,4)5)27(34)32(26(24)33)23-15-20(29)10-13-22(23)30/h6-15,31H,1-5H3. The number of carbonyl (C=O) groups excluding carboxylic acids is 2. The molecule has 0 saturated carbocycles. The van der Waals surface area contributed by atoms with Gasteiger partial charge in [-0.25, -0.2) is 13.7 Å². The molecule has 0 atom stereocenters. The molecule has 1 aliphatic heterocycles. The summed E-state index contributed by atoms with van der Waals surface area (Å²) in [5.41, 5.74) is 3.86. The first-order valence-electron chi connectivity index (χ1n) is 11.0. The highest BCUT2D eigenvalue weighted by molar-refractivity contribution is 6.46. The highest BCUT2D eigenvalue weighted by atomic mass is 19.1. The molecule has 4 rings (SSSR count). The van der Waals surface area contributed by atoms with Crippen molar-refractivity contribution in [3.8, 4) is 0 Å². The molecule has 0 unspecified atom stereocenters. The van der Waals surface area contributed by atoms with Crippen molar-refractivity contribution in [2.45, 2.75) is 40.0 Å². The number of hydrogen-bond acceptors (Lipinski definition) is 3. The van der Waals surface area contributed by atoms with Gasteiger partial charge in [0.2, 0.25) is 0 Å². The molecule has 2 amide bonds. The van der Waals surface area contributed by atoms with Crippen LogP contribution in [0.2, 0.25) is 0 Å². The van der Waals surface area contributed by atoms with E-state index in [2.05, 4.69) is 26.1 Å². The molecule has 34 heavy (non-hydrogen) atoms. The van der Waals surface area contributed by atoms with Gasteiger partial charge in [-0.3, -0.25) is 9.59 Å². The van der Waals surface area contributed by atoms with Crippen molar-refractivity contribution in [3.05, 3.63) is 100 Å². The zero-order valence-electron chi connectivity index (χ0n) is 19.8. The Kier molecular flexibility index (Phi) is 5.86. The summed E-state index contributed by atoms with van der Waals surface area (Å²) in [5, 5.41) is 3.07. The lowest BCUT2D eigenvalue weighted by Crippen LogP contribution is -2.33. The molecular formula is C28H26F2N2O2. The van der Waals surface area contributed by atoms with E-state index in [1.807, 2.05) is 50.2 Å². The van der Waals surface area contributed by atoms with Crippen molar-refractivity contribution >= 4 is 28.8 Å². The maximum atomic E-state index is 14.6. The lowest BCUT2D eigenvalue weighted by atomic mass is 9.87. The van der Waals surface area contributed by atoms with E-state index in [1.54, 1.807) is 6.07 Å². The van der Waals surface area contributed by atoms with E-state index in [4.69, 9.17) is 0 Å². The van der Waals surface area contributed by atoms with Gasteiger partial charge in [0.05, 0.1) is 11.3 Å². The fourth-order valence-electron chi connectivity index (χ4n) is 3.88. The fourth-order valence-corrected chi connectivity index (χ4v) is 3.88. The van der Waals surface area contributed by atoms with Crippen molar-refractivity contribution in [2.24, 2.45) is 0 Å². The molecule has 3 aromatic carbocycles. The molecule has 0 spiro atoms. The second-order valence-electron chi connectivity index (χ2n) is 9.54. The maximum absolute atomic E-state index is 14.6. The molecule has 0 aromatic heterocycles. The van der Waals surface area contributed by atoms with Gasteiger partial charge in [-0.2, -0.15) is 0 Å². The highest BCUT2D eigenvalue weighted by Gasteiger charge is 2.41. The first-order valence-corrected chi connectivity index (χ1v) is 11.0. The highest BCUT2D eigenvalue weighted by Crippen LogP contribution is 2.36. The lowest BCUT2D eigenvalue weighted by Gasteiger charge is -2.19. The Morgan fingerprint density at radius 1 is 0.794 bits per heavy atom. The van der Waals surface area contributed by atoms with Crippen molar-refractivity contribution in [3.63, 3.8) is 0 Å². The molecular weight excluding hydrogens is 434 g/mol. The number of rotatable bonds is 4. The molecule has 0 bridgehead atoms. The molecule has 1 heterocycles. The SMILES string of the molecule is Cc1ccc(C2=C(Nc3ccc(C(C)(C)C)cc3)C(=O)N(c3cc(F)ccc3F)C2=O)cc1C. The van der Waals surface area contributed by atoms with Crippen LogP contribution < -0.4 is 10.2 Å². The number of nitrogens with zero attached hydrogens (tertiary/aromatic N) is 1. The monoisotopic (exact) mass is 460 g/mol. The number of amides is 2. The van der Waals surface area contributed by atoms with E-state index in [1.165, 1.54) is 0 Å². The Morgan fingerprint density at radius 3 is 2.09 bits per heavy atom. The Balaban J connectivity index is 1.83. The number of carbonyl (C=O) groups is 2. The van der Waals surface area contributed by atoms with Crippen LogP contribution in [0, 0.1) is 25.5 Å². The first kappa shape index (κ1) is 23.4. The van der Waals surface area contributed by atoms with Crippen LogP contribution in [0.15, 0.2) is 66.4 Å². The van der Waals surface area contributed by atoms with E-state index in [-0.39, 0.29) is 16.7 Å². The number of aryl methyl sites for hydroxylation is 2. The van der Waals surface area contributed by atoms with Gasteiger partial charge in [0.1, 0.15) is 17.3 Å². The van der Waals surface area contributed by atoms with Crippen LogP contribution in [0.3, 0.4) is 0 Å². The number of imide groups is 1. The molecule has 174 valence electrons. The fraction of sp³-hybridized carbons (Fsp3) is 0.214. The normalized spacial score (nSPS) is 14.3. The van der Waals surface area contributed by atoms with Gasteiger partial charge in [0, 0.05) is 11.8 Å². The summed E-state index contributed by atoms with van der Waals surface area (Å²) in [6.45, 7) is 10.1. The van der Waals surface area contributed by atoms with Gasteiger partial charge in [-0.05, 0) is 65.8 Å². The van der Waals surface area contributed by atoms with Gasteiger partial charge in [-0.1, -0.05) is 51.1 Å². The number of benzene rings is 3. The first-order chi connectivity index (χ1) is 16.0. The van der Waals surface area contributed by atoms with Crippen molar-refractivity contribution in [2.75, 3.05) is 10.2 Å². The molecule has 4 nitrogen and oxygen atoms in total. The average molecular weight is 461 g/mol. The molecule has 3 aromatic rings. The Bertz CT molecular complexity index is 1340. The number of halogens is 2. The minimum atomic E-state index is -0.863. The quantitative estimate of drug-likeness (QED) is 0.467. The van der Waals surface area contributed by atoms with Gasteiger partial charge in [0.25, 0.3) is 11.8 Å². The van der Waals surface area contributed by atoms with Gasteiger partial charge in [0.15, 0.2) is 0 Å². The molecule has 0 saturated heterocycles. The summed E-state index contributed by atoms with van der Waals surface area (Å²) in [6, 6.07) is 15.7. The summed E-state index contributed by atoms with van der Waals surface area (Å²) in [6.07, 6.45) is 0. The summed E-state index contributed by atoms with van der Waals surface area (Å²) in [5.74, 6) is -3.07. The third-order valence-corrected chi connectivity index (χ3v) is 6.05. The van der Waals surface area contributed by atoms with E-state index in [0.717, 1.165) is 34.9 Å². The van der Waals surface area contributed by atoms with Crippen molar-refractivity contribution in [1.82, 2.24) is 0 Å². The predicted molar refractivity (Wildman–Crippen MR) is 130 cm³/mol. The summed E-state index contributed by atoms with van der Waals surface area (Å²) >= 11 is 0. The van der Waals surface area contributed by atoms with Crippen molar-refractivity contribution < 1.29 is 18.4 Å². The Morgan fingerprint density at radius 2 is 1.47 bits per heavy atom. The zero-order valence-corrected chi connectivity index (χ0v) is 19.8. The third-order valence-electron chi connectivity index (χ3n) is 6.05. The Labute approximate surface area is 197 Å². The summed E-state index contributed by atoms with van der Waals surface area (Å²) < 4.78 is 28.5. The van der Waals surface area contributed by atoms with Crippen LogP contribution in [0.1, 0.15) is 43.0 Å². The number of hydrogen-bond donors (Lipinski definition) is 1. The van der Waals surface area contributed by atoms with E-state index >= 15 is 0 Å². The summed E-state index contributed by atoms with van der Waals surface area (Å²) in [4.78, 5) is 27.6. The minimum Gasteiger partial charge on any atom is -0.350 e. The molecule has 1 N–H and O–H groups in total. The van der Waals surface area contributed by atoms with Crippen LogP contribution in [0.25, 0.3) is 5.57 Å². The van der Waals surface area contributed by atoms with E-state index < -0.39 is 29.1 Å². The number of anilines is 2. The van der Waals surface area contributed by atoms with E-state index in [9.17, 15) is 18.4 Å². The van der Waals surface area contributed by atoms with Crippen LogP contribution in [-0.4, -0.2) is 11.8 Å². The molecule has 0 aliphatic carbocycles. The third kappa shape index (κ3) is 4.23. The molecule has 6 heteroatoms. The zero-order chi connectivity index (χ0) is 24.8. The van der Waals surface area contributed by atoms with Crippen LogP contribution in [-0.2, 0) is 15.0 Å². The number of nitrogens with one attached hydrogen (secondary N) is 1. The minimum absolute atomic E-state index is 0.0143. The lowest BCUT2D eigenvalue weighted by molar-refractivity contribution is -0.120. The van der Waals surface area contributed by atoms with Crippen LogP contribution >= 0.6 is 0 Å². The molecule has 1 aliphatic rings. The maximum Gasteiger partial charge on any atom is 0.282 e. The van der Waals surface area contributed by atoms with Gasteiger partial charge >= 0.3 is 0 Å². The Hall–Kier alpha value is -3.80. The van der Waals surface area contributed by atoms with Crippen molar-refractivity contribution in [1.29, 1.82) is 0 Å². The van der Waals surface area contributed by atoms with Gasteiger partial charge < -0.3 is 5.32 Å². The van der Waals surface area contributed by atoms with Crippen LogP contribution in [0.5, 0.6) is 0 Å². The topological polar surface area (TPSA) is 49.4 Å². The predicted octanol–water partition coefficient (Wildman–Crippen LogP) is 6.28. The largest absolute Gasteiger partial charge is 0.350 e. The summed E-state index contributed by atoms with van der Waals surface area (Å²) in [7, 11) is 0. The second-order valence-corrected chi connectivity index (χ2v) is 9.54. The molecule has 0 radical (unpaired) electrons. The molecule has 0 fully saturated rings. The average Bonchev–Trinajstić information content (AvgIpc) is 3.01. The van der Waals surface area contributed by atoms with Crippen LogP contribution in [0.4, 0.5) is 20.2 Å². The smallest absolute Gasteiger partial charge is 0.282 e.